The van der Waals surface area contributed by atoms with Crippen LogP contribution < -0.4 is 16.0 Å². The number of carbonyl (C=O) groups is 2. The number of amides is 2. The van der Waals surface area contributed by atoms with Crippen LogP contribution in [0.5, 0.6) is 0 Å². The van der Waals surface area contributed by atoms with Gasteiger partial charge in [-0.1, -0.05) is 47.7 Å². The fourth-order valence-electron chi connectivity index (χ4n) is 4.40. The Kier molecular flexibility index (Phi) is 7.92. The molecule has 190 valence electrons. The number of rotatable bonds is 8. The second-order valence-corrected chi connectivity index (χ2v) is 9.39. The molecule has 0 bridgehead atoms. The summed E-state index contributed by atoms with van der Waals surface area (Å²) in [5.74, 6) is -2.83. The van der Waals surface area contributed by atoms with Gasteiger partial charge >= 0.3 is 12.0 Å². The van der Waals surface area contributed by atoms with Crippen molar-refractivity contribution in [3.05, 3.63) is 70.7 Å². The highest BCUT2D eigenvalue weighted by Gasteiger charge is 2.45. The third kappa shape index (κ3) is 5.38. The van der Waals surface area contributed by atoms with Crippen molar-refractivity contribution < 1.29 is 27.8 Å². The third-order valence-corrected chi connectivity index (χ3v) is 7.13. The zero-order chi connectivity index (χ0) is 25.7. The summed E-state index contributed by atoms with van der Waals surface area (Å²) in [4.78, 5) is 29.8. The van der Waals surface area contributed by atoms with E-state index in [-0.39, 0.29) is 10.9 Å². The maximum absolute atomic E-state index is 14.0. The minimum absolute atomic E-state index is 0.1000. The molecule has 0 unspecified atom stereocenters. The summed E-state index contributed by atoms with van der Waals surface area (Å²) < 4.78 is 37.7. The molecule has 2 atom stereocenters. The van der Waals surface area contributed by atoms with Crippen molar-refractivity contribution >= 4 is 28.3 Å². The molecule has 3 aromatic rings. The lowest BCUT2D eigenvalue weighted by molar-refractivity contribution is 0.0600. The lowest BCUT2D eigenvalue weighted by Crippen LogP contribution is -2.55. The molecule has 8 nitrogen and oxygen atoms in total. The number of halogens is 2. The van der Waals surface area contributed by atoms with Crippen LogP contribution in [0.15, 0.2) is 48.5 Å². The number of benzene rings is 2. The third-order valence-electron chi connectivity index (χ3n) is 6.18. The van der Waals surface area contributed by atoms with Crippen molar-refractivity contribution in [1.82, 2.24) is 15.6 Å². The Morgan fingerprint density at radius 1 is 1.17 bits per heavy atom. The fourth-order valence-corrected chi connectivity index (χ4v) is 5.30. The van der Waals surface area contributed by atoms with Gasteiger partial charge in [-0.05, 0) is 24.1 Å². The van der Waals surface area contributed by atoms with Crippen LogP contribution in [0.3, 0.4) is 0 Å². The van der Waals surface area contributed by atoms with Gasteiger partial charge in [-0.25, -0.2) is 23.4 Å². The predicted octanol–water partition coefficient (Wildman–Crippen LogP) is 4.16. The average Bonchev–Trinajstić information content (AvgIpc) is 3.49. The number of hydrogen-bond acceptors (Lipinski definition) is 7. The predicted molar refractivity (Wildman–Crippen MR) is 132 cm³/mol. The van der Waals surface area contributed by atoms with Crippen LogP contribution in [0, 0.1) is 11.6 Å². The Bertz CT molecular complexity index is 1240. The molecule has 1 aromatic heterocycles. The molecule has 1 fully saturated rings. The Morgan fingerprint density at radius 2 is 1.94 bits per heavy atom. The Hall–Kier alpha value is -3.41. The molecule has 2 amide bonds. The summed E-state index contributed by atoms with van der Waals surface area (Å²) in [6, 6.07) is 12.4. The molecule has 36 heavy (non-hydrogen) atoms. The van der Waals surface area contributed by atoms with E-state index in [0.29, 0.717) is 42.4 Å². The van der Waals surface area contributed by atoms with E-state index in [2.05, 4.69) is 20.9 Å². The van der Waals surface area contributed by atoms with Crippen LogP contribution in [0.4, 0.5) is 18.6 Å². The van der Waals surface area contributed by atoms with E-state index in [1.54, 1.807) is 7.11 Å². The number of methoxy groups -OCH3 is 2. The lowest BCUT2D eigenvalue weighted by atomic mass is 9.79. The fraction of sp³-hybridized carbons (Fsp3) is 0.320. The molecule has 11 heteroatoms. The monoisotopic (exact) mass is 516 g/mol. The van der Waals surface area contributed by atoms with Crippen LogP contribution in [0.1, 0.15) is 27.7 Å². The van der Waals surface area contributed by atoms with Gasteiger partial charge in [0.05, 0.1) is 12.6 Å². The van der Waals surface area contributed by atoms with Gasteiger partial charge in [0.25, 0.3) is 0 Å². The van der Waals surface area contributed by atoms with Gasteiger partial charge < -0.3 is 20.1 Å². The first-order valence-electron chi connectivity index (χ1n) is 11.2. The quantitative estimate of drug-likeness (QED) is 0.389. The second-order valence-electron chi connectivity index (χ2n) is 8.39. The highest BCUT2D eigenvalue weighted by molar-refractivity contribution is 7.18. The van der Waals surface area contributed by atoms with Gasteiger partial charge in [0, 0.05) is 38.3 Å². The Labute approximate surface area is 211 Å². The number of hydrogen-bond donors (Lipinski definition) is 3. The number of nitrogens with zero attached hydrogens (tertiary/aromatic N) is 1. The number of urea groups is 1. The summed E-state index contributed by atoms with van der Waals surface area (Å²) in [5.41, 5.74) is 0.873. The number of anilines is 1. The van der Waals surface area contributed by atoms with E-state index in [0.717, 1.165) is 29.0 Å². The van der Waals surface area contributed by atoms with Gasteiger partial charge in [-0.3, -0.25) is 5.32 Å². The number of thiazole rings is 1. The van der Waals surface area contributed by atoms with Crippen molar-refractivity contribution in [2.75, 3.05) is 39.2 Å². The van der Waals surface area contributed by atoms with Crippen LogP contribution >= 0.6 is 11.3 Å². The molecular formula is C25H26F2N4O4S. The van der Waals surface area contributed by atoms with Crippen LogP contribution in [-0.2, 0) is 9.47 Å². The van der Waals surface area contributed by atoms with E-state index in [1.807, 2.05) is 30.3 Å². The summed E-state index contributed by atoms with van der Waals surface area (Å²) in [7, 11) is 2.82. The zero-order valence-corrected chi connectivity index (χ0v) is 20.6. The SMILES string of the molecule is COCC[C@@]1(NC(=O)Nc2sc(C(=O)OC)nc2-c2ccccc2)CNC[C@H]1c1ccc(F)c(F)c1. The standard InChI is InChI=1S/C25H26F2N4O4S/c1-34-11-10-25(14-28-13-17(25)16-8-9-18(26)19(27)12-16)31-24(33)30-21-20(15-6-4-3-5-7-15)29-22(36-21)23(32)35-2/h3-9,12,17,28H,10-11,13-14H2,1-2H3,(H2,30,31,33)/t17-,25+/m0/s1. The molecular weight excluding hydrogens is 490 g/mol. The molecule has 4 rings (SSSR count). The Morgan fingerprint density at radius 3 is 2.64 bits per heavy atom. The highest BCUT2D eigenvalue weighted by atomic mass is 32.1. The van der Waals surface area contributed by atoms with E-state index >= 15 is 0 Å². The van der Waals surface area contributed by atoms with Crippen molar-refractivity contribution in [1.29, 1.82) is 0 Å². The zero-order valence-electron chi connectivity index (χ0n) is 19.8. The number of nitrogens with one attached hydrogen (secondary N) is 3. The van der Waals surface area contributed by atoms with Gasteiger partial charge in [0.1, 0.15) is 10.7 Å². The normalized spacial score (nSPS) is 19.2. The molecule has 1 aliphatic rings. The minimum Gasteiger partial charge on any atom is -0.464 e. The van der Waals surface area contributed by atoms with Crippen LogP contribution in [0.2, 0.25) is 0 Å². The van der Waals surface area contributed by atoms with Gasteiger partial charge in [0.15, 0.2) is 11.6 Å². The van der Waals surface area contributed by atoms with Crippen LogP contribution in [0.25, 0.3) is 11.3 Å². The lowest BCUT2D eigenvalue weighted by Gasteiger charge is -2.36. The smallest absolute Gasteiger partial charge is 0.367 e. The van der Waals surface area contributed by atoms with E-state index < -0.39 is 29.2 Å². The highest BCUT2D eigenvalue weighted by Crippen LogP contribution is 2.37. The Balaban J connectivity index is 1.63. The molecule has 2 heterocycles. The summed E-state index contributed by atoms with van der Waals surface area (Å²) in [6.07, 6.45) is 0.426. The van der Waals surface area contributed by atoms with E-state index in [4.69, 9.17) is 9.47 Å². The molecule has 3 N–H and O–H groups in total. The van der Waals surface area contributed by atoms with Crippen molar-refractivity contribution in [3.63, 3.8) is 0 Å². The summed E-state index contributed by atoms with van der Waals surface area (Å²) in [5, 5.41) is 9.59. The van der Waals surface area contributed by atoms with Gasteiger partial charge in [-0.15, -0.1) is 0 Å². The number of aromatic nitrogens is 1. The first-order valence-corrected chi connectivity index (χ1v) is 12.1. The maximum atomic E-state index is 14.0. The number of esters is 1. The molecule has 1 saturated heterocycles. The van der Waals surface area contributed by atoms with Gasteiger partial charge in [0.2, 0.25) is 5.01 Å². The van der Waals surface area contributed by atoms with Crippen molar-refractivity contribution in [2.24, 2.45) is 0 Å². The molecule has 0 saturated carbocycles. The molecule has 0 spiro atoms. The molecule has 0 aliphatic carbocycles. The number of ether oxygens (including phenoxy) is 2. The second kappa shape index (κ2) is 11.1. The first kappa shape index (κ1) is 25.7. The van der Waals surface area contributed by atoms with E-state index in [9.17, 15) is 18.4 Å². The molecule has 2 aromatic carbocycles. The largest absolute Gasteiger partial charge is 0.464 e. The maximum Gasteiger partial charge on any atom is 0.367 e. The minimum atomic E-state index is -0.947. The summed E-state index contributed by atoms with van der Waals surface area (Å²) in [6.45, 7) is 1.19. The van der Waals surface area contributed by atoms with Gasteiger partial charge in [-0.2, -0.15) is 0 Å². The first-order chi connectivity index (χ1) is 17.4. The van der Waals surface area contributed by atoms with E-state index in [1.165, 1.54) is 13.2 Å². The van der Waals surface area contributed by atoms with Crippen LogP contribution in [-0.4, -0.2) is 56.4 Å². The van der Waals surface area contributed by atoms with Crippen molar-refractivity contribution in [2.45, 2.75) is 17.9 Å². The number of carbonyl (C=O) groups excluding carboxylic acids is 2. The topological polar surface area (TPSA) is 102 Å². The average molecular weight is 517 g/mol. The molecule has 0 radical (unpaired) electrons. The summed E-state index contributed by atoms with van der Waals surface area (Å²) >= 11 is 1.00. The van der Waals surface area contributed by atoms with Crippen molar-refractivity contribution in [3.8, 4) is 11.3 Å². The molecule has 1 aliphatic heterocycles.